The number of aromatic nitrogens is 4. The van der Waals surface area contributed by atoms with Crippen molar-refractivity contribution in [2.45, 2.75) is 43.3 Å². The number of carbonyl (C=O) groups excluding carboxylic acids is 1. The number of hydrogen-bond donors (Lipinski definition) is 1. The van der Waals surface area contributed by atoms with Crippen LogP contribution in [0.25, 0.3) is 11.9 Å². The Hall–Kier alpha value is -2.71. The summed E-state index contributed by atoms with van der Waals surface area (Å²) in [7, 11) is 0. The SMILES string of the molecule is O=C(NC1(C(F)(F)F)CCC1)c1nn(-c2cnccn2)c2c1C=C1CC12. The van der Waals surface area contributed by atoms with E-state index in [2.05, 4.69) is 20.4 Å². The Morgan fingerprint density at radius 2 is 2.12 bits per heavy atom. The van der Waals surface area contributed by atoms with Gasteiger partial charge in [-0.3, -0.25) is 9.78 Å². The van der Waals surface area contributed by atoms with Crippen LogP contribution in [0.2, 0.25) is 0 Å². The Morgan fingerprint density at radius 3 is 2.73 bits per heavy atom. The van der Waals surface area contributed by atoms with E-state index < -0.39 is 17.6 Å². The van der Waals surface area contributed by atoms with Crippen LogP contribution in [0.1, 0.15) is 53.3 Å². The van der Waals surface area contributed by atoms with E-state index in [0.717, 1.165) is 12.1 Å². The van der Waals surface area contributed by atoms with Crippen LogP contribution in [0.5, 0.6) is 0 Å². The number of nitrogens with one attached hydrogen (secondary N) is 1. The van der Waals surface area contributed by atoms with E-state index in [9.17, 15) is 18.0 Å². The lowest BCUT2D eigenvalue weighted by atomic mass is 9.76. The molecule has 1 atom stereocenters. The first-order chi connectivity index (χ1) is 12.4. The van der Waals surface area contributed by atoms with Crippen LogP contribution in [0.4, 0.5) is 13.2 Å². The van der Waals surface area contributed by atoms with Crippen LogP contribution >= 0.6 is 0 Å². The molecule has 26 heavy (non-hydrogen) atoms. The maximum absolute atomic E-state index is 13.4. The van der Waals surface area contributed by atoms with E-state index in [-0.39, 0.29) is 24.5 Å². The third-order valence-electron chi connectivity index (χ3n) is 5.43. The van der Waals surface area contributed by atoms with Crippen molar-refractivity contribution in [3.05, 3.63) is 41.1 Å². The van der Waals surface area contributed by atoms with Crippen molar-refractivity contribution in [2.24, 2.45) is 0 Å². The number of hydrogen-bond acceptors (Lipinski definition) is 4. The Kier molecular flexibility index (Phi) is 2.94. The topological polar surface area (TPSA) is 72.7 Å². The molecule has 5 rings (SSSR count). The molecule has 1 amide bonds. The lowest BCUT2D eigenvalue weighted by molar-refractivity contribution is -0.215. The first-order valence-corrected chi connectivity index (χ1v) is 8.39. The van der Waals surface area contributed by atoms with Crippen LogP contribution < -0.4 is 5.32 Å². The van der Waals surface area contributed by atoms with E-state index in [0.29, 0.717) is 17.8 Å². The summed E-state index contributed by atoms with van der Waals surface area (Å²) >= 11 is 0. The molecule has 9 heteroatoms. The fraction of sp³-hybridized carbons (Fsp3) is 0.412. The molecule has 3 aliphatic rings. The number of rotatable bonds is 3. The minimum absolute atomic E-state index is 0.0147. The molecule has 3 aliphatic carbocycles. The molecular formula is C17H14F3N5O. The minimum Gasteiger partial charge on any atom is -0.336 e. The van der Waals surface area contributed by atoms with Gasteiger partial charge in [-0.25, -0.2) is 9.67 Å². The Morgan fingerprint density at radius 1 is 1.31 bits per heavy atom. The van der Waals surface area contributed by atoms with Gasteiger partial charge in [-0.2, -0.15) is 18.3 Å². The van der Waals surface area contributed by atoms with Gasteiger partial charge in [-0.15, -0.1) is 0 Å². The molecule has 0 bridgehead atoms. The highest BCUT2D eigenvalue weighted by molar-refractivity contribution is 5.98. The molecule has 0 aliphatic heterocycles. The van der Waals surface area contributed by atoms with Gasteiger partial charge < -0.3 is 5.32 Å². The summed E-state index contributed by atoms with van der Waals surface area (Å²) in [6.07, 6.45) is 3.05. The van der Waals surface area contributed by atoms with Crippen molar-refractivity contribution in [1.82, 2.24) is 25.1 Å². The summed E-state index contributed by atoms with van der Waals surface area (Å²) < 4.78 is 41.7. The number of carbonyl (C=O) groups is 1. The number of halogens is 3. The maximum Gasteiger partial charge on any atom is 0.411 e. The average molecular weight is 361 g/mol. The van der Waals surface area contributed by atoms with Gasteiger partial charge in [0.05, 0.1) is 11.9 Å². The number of nitrogens with zero attached hydrogens (tertiary/aromatic N) is 4. The van der Waals surface area contributed by atoms with Crippen molar-refractivity contribution < 1.29 is 18.0 Å². The van der Waals surface area contributed by atoms with Gasteiger partial charge in [-0.1, -0.05) is 11.6 Å². The summed E-state index contributed by atoms with van der Waals surface area (Å²) in [6, 6.07) is 0. The number of amides is 1. The molecule has 134 valence electrons. The number of fused-ring (bicyclic) bond motifs is 3. The highest BCUT2D eigenvalue weighted by atomic mass is 19.4. The van der Waals surface area contributed by atoms with Gasteiger partial charge >= 0.3 is 6.18 Å². The second kappa shape index (κ2) is 4.93. The van der Waals surface area contributed by atoms with Gasteiger partial charge in [0.2, 0.25) is 0 Å². The van der Waals surface area contributed by atoms with Gasteiger partial charge in [0.25, 0.3) is 5.91 Å². The lowest BCUT2D eigenvalue weighted by Crippen LogP contribution is -2.63. The van der Waals surface area contributed by atoms with Gasteiger partial charge in [-0.05, 0) is 25.7 Å². The Bertz CT molecular complexity index is 943. The summed E-state index contributed by atoms with van der Waals surface area (Å²) in [5, 5.41) is 6.50. The molecule has 0 radical (unpaired) electrons. The number of alkyl halides is 3. The maximum atomic E-state index is 13.4. The Balaban J connectivity index is 1.54. The third-order valence-corrected chi connectivity index (χ3v) is 5.43. The molecule has 2 aromatic heterocycles. The molecule has 2 heterocycles. The predicted molar refractivity (Wildman–Crippen MR) is 84.6 cm³/mol. The van der Waals surface area contributed by atoms with Crippen molar-refractivity contribution in [2.75, 3.05) is 0 Å². The van der Waals surface area contributed by atoms with E-state index >= 15 is 0 Å². The normalized spacial score (nSPS) is 22.1. The monoisotopic (exact) mass is 361 g/mol. The fourth-order valence-corrected chi connectivity index (χ4v) is 3.74. The molecule has 0 saturated heterocycles. The molecule has 6 nitrogen and oxygen atoms in total. The zero-order chi connectivity index (χ0) is 18.1. The highest BCUT2D eigenvalue weighted by Gasteiger charge is 2.59. The van der Waals surface area contributed by atoms with Gasteiger partial charge in [0.15, 0.2) is 11.5 Å². The van der Waals surface area contributed by atoms with E-state index in [1.165, 1.54) is 28.8 Å². The molecule has 2 fully saturated rings. The van der Waals surface area contributed by atoms with E-state index in [4.69, 9.17) is 0 Å². The molecule has 2 saturated carbocycles. The predicted octanol–water partition coefficient (Wildman–Crippen LogP) is 2.76. The molecule has 0 aromatic carbocycles. The standard InChI is InChI=1S/C17H14F3N5O/c18-17(19,20)16(2-1-3-16)23-15(26)13-11-7-9-6-10(9)14(11)25(24-13)12-8-21-4-5-22-12/h4-5,7-8,10H,1-3,6H2,(H,23,26). The van der Waals surface area contributed by atoms with E-state index in [1.54, 1.807) is 0 Å². The summed E-state index contributed by atoms with van der Waals surface area (Å²) in [4.78, 5) is 20.9. The quantitative estimate of drug-likeness (QED) is 0.912. The first-order valence-electron chi connectivity index (χ1n) is 8.39. The summed E-state index contributed by atoms with van der Waals surface area (Å²) in [5.41, 5.74) is 0.442. The average Bonchev–Trinajstić information content (AvgIpc) is 3.07. The van der Waals surface area contributed by atoms with Crippen LogP contribution in [-0.2, 0) is 0 Å². The van der Waals surface area contributed by atoms with Crippen molar-refractivity contribution in [3.63, 3.8) is 0 Å². The molecule has 1 N–H and O–H groups in total. The van der Waals surface area contributed by atoms with Gasteiger partial charge in [0, 0.05) is 23.9 Å². The molecular weight excluding hydrogens is 347 g/mol. The molecule has 0 spiro atoms. The van der Waals surface area contributed by atoms with Crippen LogP contribution in [0, 0.1) is 0 Å². The van der Waals surface area contributed by atoms with Crippen LogP contribution in [0.3, 0.4) is 0 Å². The second-order valence-corrected chi connectivity index (χ2v) is 6.99. The zero-order valence-corrected chi connectivity index (χ0v) is 13.5. The van der Waals surface area contributed by atoms with Crippen molar-refractivity contribution in [3.8, 4) is 5.82 Å². The Labute approximate surface area is 146 Å². The lowest BCUT2D eigenvalue weighted by Gasteiger charge is -2.43. The molecule has 1 unspecified atom stereocenters. The fourth-order valence-electron chi connectivity index (χ4n) is 3.74. The number of allylic oxidation sites excluding steroid dienone is 1. The van der Waals surface area contributed by atoms with Crippen molar-refractivity contribution >= 4 is 12.0 Å². The summed E-state index contributed by atoms with van der Waals surface area (Å²) in [6.45, 7) is 0. The smallest absolute Gasteiger partial charge is 0.336 e. The second-order valence-electron chi connectivity index (χ2n) is 6.99. The van der Waals surface area contributed by atoms with E-state index in [1.807, 2.05) is 6.08 Å². The highest BCUT2D eigenvalue weighted by Crippen LogP contribution is 2.55. The van der Waals surface area contributed by atoms with Gasteiger partial charge in [0.1, 0.15) is 5.54 Å². The van der Waals surface area contributed by atoms with Crippen LogP contribution in [0.15, 0.2) is 24.2 Å². The van der Waals surface area contributed by atoms with Crippen LogP contribution in [-0.4, -0.2) is 37.4 Å². The zero-order valence-electron chi connectivity index (χ0n) is 13.5. The third kappa shape index (κ3) is 2.06. The van der Waals surface area contributed by atoms with Crippen molar-refractivity contribution in [1.29, 1.82) is 0 Å². The largest absolute Gasteiger partial charge is 0.411 e. The molecule has 2 aromatic rings. The minimum atomic E-state index is -4.47. The summed E-state index contributed by atoms with van der Waals surface area (Å²) in [5.74, 6) is -0.182. The first kappa shape index (κ1) is 15.5.